The smallest absolute Gasteiger partial charge is 0.406 e. The highest BCUT2D eigenvalue weighted by molar-refractivity contribution is 8.15. The van der Waals surface area contributed by atoms with Gasteiger partial charge < -0.3 is 10.1 Å². The van der Waals surface area contributed by atoms with Gasteiger partial charge in [-0.3, -0.25) is 9.69 Å². The number of nitrogens with zero attached hydrogens (tertiary/aromatic N) is 5. The molecule has 0 bridgehead atoms. The number of amides is 3. The van der Waals surface area contributed by atoms with Crippen LogP contribution in [0.3, 0.4) is 0 Å². The molecule has 2 aliphatic rings. The summed E-state index contributed by atoms with van der Waals surface area (Å²) >= 11 is 1.06. The minimum atomic E-state index is -4.78. The molecule has 1 N–H and O–H groups in total. The Morgan fingerprint density at radius 3 is 2.48 bits per heavy atom. The number of urea groups is 1. The Bertz CT molecular complexity index is 1860. The zero-order valence-corrected chi connectivity index (χ0v) is 24.6. The lowest BCUT2D eigenvalue weighted by atomic mass is 10.0. The van der Waals surface area contributed by atoms with Crippen molar-refractivity contribution in [1.82, 2.24) is 14.8 Å². The number of rotatable bonds is 7. The van der Waals surface area contributed by atoms with E-state index in [-0.39, 0.29) is 29.0 Å². The van der Waals surface area contributed by atoms with E-state index in [1.165, 1.54) is 40.2 Å². The predicted octanol–water partition coefficient (Wildman–Crippen LogP) is 7.44. The SMILES string of the molecule is Cc1ccc(C2CC2(F)F)c(N2C(=O)CSC2=NC(=O)Nc2ccc(/C=C/c3ncn(-c4ccc(OC(F)(F)F)cc4)n3)cc2)c1. The van der Waals surface area contributed by atoms with E-state index in [2.05, 4.69) is 25.1 Å². The molecule has 6 rings (SSSR count). The minimum absolute atomic E-state index is 0.0257. The highest BCUT2D eigenvalue weighted by Crippen LogP contribution is 2.58. The van der Waals surface area contributed by atoms with Crippen LogP contribution in [0.4, 0.5) is 38.1 Å². The van der Waals surface area contributed by atoms with Gasteiger partial charge in [0, 0.05) is 12.1 Å². The average Bonchev–Trinajstić information content (AvgIpc) is 3.29. The van der Waals surface area contributed by atoms with Crippen molar-refractivity contribution in [2.75, 3.05) is 16.0 Å². The largest absolute Gasteiger partial charge is 0.573 e. The second kappa shape index (κ2) is 12.0. The number of hydrogen-bond donors (Lipinski definition) is 1. The predicted molar refractivity (Wildman–Crippen MR) is 163 cm³/mol. The lowest BCUT2D eigenvalue weighted by Crippen LogP contribution is -2.31. The summed E-state index contributed by atoms with van der Waals surface area (Å²) in [6.45, 7) is 1.79. The Hall–Kier alpha value is -5.05. The van der Waals surface area contributed by atoms with Gasteiger partial charge in [0.25, 0.3) is 5.92 Å². The first-order chi connectivity index (χ1) is 21.8. The molecule has 15 heteroatoms. The fourth-order valence-corrected chi connectivity index (χ4v) is 5.60. The molecule has 46 heavy (non-hydrogen) atoms. The summed E-state index contributed by atoms with van der Waals surface area (Å²) < 4.78 is 70.2. The molecular weight excluding hydrogens is 631 g/mol. The van der Waals surface area contributed by atoms with Crippen LogP contribution in [0.2, 0.25) is 0 Å². The number of anilines is 2. The maximum atomic E-state index is 13.9. The number of hydrogen-bond acceptors (Lipinski definition) is 6. The number of halogens is 5. The second-order valence-corrected chi connectivity index (χ2v) is 11.4. The Labute approximate surface area is 262 Å². The van der Waals surface area contributed by atoms with Crippen LogP contribution in [0.15, 0.2) is 78.0 Å². The average molecular weight is 655 g/mol. The van der Waals surface area contributed by atoms with Gasteiger partial charge >= 0.3 is 12.4 Å². The van der Waals surface area contributed by atoms with E-state index in [1.54, 1.807) is 61.5 Å². The Kier molecular flexibility index (Phi) is 8.10. The second-order valence-electron chi connectivity index (χ2n) is 10.5. The molecule has 1 aliphatic heterocycles. The van der Waals surface area contributed by atoms with Crippen LogP contribution in [0, 0.1) is 6.92 Å². The summed E-state index contributed by atoms with van der Waals surface area (Å²) in [5, 5.41) is 7.04. The molecule has 0 spiro atoms. The molecule has 1 unspecified atom stereocenters. The molecule has 3 aromatic carbocycles. The molecule has 1 aromatic heterocycles. The number of amidine groups is 1. The molecule has 1 atom stereocenters. The number of ether oxygens (including phenoxy) is 1. The quantitative estimate of drug-likeness (QED) is 0.208. The summed E-state index contributed by atoms with van der Waals surface area (Å²) in [4.78, 5) is 35.0. The van der Waals surface area contributed by atoms with Crippen molar-refractivity contribution in [3.05, 3.63) is 95.6 Å². The minimum Gasteiger partial charge on any atom is -0.406 e. The van der Waals surface area contributed by atoms with Gasteiger partial charge in [-0.1, -0.05) is 42.1 Å². The fourth-order valence-electron chi connectivity index (χ4n) is 4.74. The highest BCUT2D eigenvalue weighted by Gasteiger charge is 2.58. The van der Waals surface area contributed by atoms with Crippen molar-refractivity contribution >= 4 is 52.4 Å². The lowest BCUT2D eigenvalue weighted by molar-refractivity contribution is -0.274. The molecule has 4 aromatic rings. The molecule has 0 radical (unpaired) electrons. The van der Waals surface area contributed by atoms with E-state index in [1.807, 2.05) is 0 Å². The van der Waals surface area contributed by atoms with Gasteiger partial charge in [0.2, 0.25) is 5.91 Å². The van der Waals surface area contributed by atoms with Gasteiger partial charge in [0.05, 0.1) is 23.0 Å². The van der Waals surface area contributed by atoms with Crippen molar-refractivity contribution in [3.63, 3.8) is 0 Å². The number of nitrogens with one attached hydrogen (secondary N) is 1. The maximum Gasteiger partial charge on any atom is 0.573 e. The summed E-state index contributed by atoms with van der Waals surface area (Å²) in [5.74, 6) is -4.15. The highest BCUT2D eigenvalue weighted by atomic mass is 32.2. The van der Waals surface area contributed by atoms with E-state index in [0.29, 0.717) is 28.5 Å². The Balaban J connectivity index is 1.09. The first-order valence-electron chi connectivity index (χ1n) is 13.7. The third-order valence-electron chi connectivity index (χ3n) is 7.02. The van der Waals surface area contributed by atoms with Crippen molar-refractivity contribution in [1.29, 1.82) is 0 Å². The third-order valence-corrected chi connectivity index (χ3v) is 7.95. The first kappa shape index (κ1) is 31.0. The zero-order chi connectivity index (χ0) is 32.6. The number of alkyl halides is 5. The third kappa shape index (κ3) is 7.09. The van der Waals surface area contributed by atoms with Gasteiger partial charge in [0.15, 0.2) is 11.0 Å². The number of carbonyl (C=O) groups excluding carboxylic acids is 2. The van der Waals surface area contributed by atoms with Crippen LogP contribution in [0.25, 0.3) is 17.8 Å². The number of aliphatic imine (C=N–C) groups is 1. The van der Waals surface area contributed by atoms with Crippen LogP contribution in [0.1, 0.15) is 34.9 Å². The van der Waals surface area contributed by atoms with Crippen LogP contribution in [-0.4, -0.2) is 49.9 Å². The topological polar surface area (TPSA) is 102 Å². The summed E-state index contributed by atoms with van der Waals surface area (Å²) in [7, 11) is 0. The van der Waals surface area contributed by atoms with Crippen molar-refractivity contribution in [3.8, 4) is 11.4 Å². The zero-order valence-electron chi connectivity index (χ0n) is 23.8. The van der Waals surface area contributed by atoms with Crippen LogP contribution in [-0.2, 0) is 4.79 Å². The van der Waals surface area contributed by atoms with E-state index in [4.69, 9.17) is 0 Å². The van der Waals surface area contributed by atoms with E-state index in [9.17, 15) is 31.5 Å². The van der Waals surface area contributed by atoms with Crippen LogP contribution in [0.5, 0.6) is 5.75 Å². The fraction of sp³-hybridized carbons (Fsp3) is 0.194. The lowest BCUT2D eigenvalue weighted by Gasteiger charge is -2.20. The summed E-state index contributed by atoms with van der Waals surface area (Å²) in [6.07, 6.45) is -0.294. The number of carbonyl (C=O) groups is 2. The molecule has 2 heterocycles. The molecule has 1 saturated carbocycles. The van der Waals surface area contributed by atoms with Crippen molar-refractivity contribution in [2.45, 2.75) is 31.5 Å². The molecule has 1 aliphatic carbocycles. The van der Waals surface area contributed by atoms with Gasteiger partial charge in [-0.2, -0.15) is 4.99 Å². The van der Waals surface area contributed by atoms with Crippen LogP contribution >= 0.6 is 11.8 Å². The molecule has 1 saturated heterocycles. The molecular formula is C31H23F5N6O3S. The molecule has 236 valence electrons. The van der Waals surface area contributed by atoms with Gasteiger partial charge in [-0.05, 0) is 72.2 Å². The Morgan fingerprint density at radius 2 is 1.80 bits per heavy atom. The van der Waals surface area contributed by atoms with Gasteiger partial charge in [-0.15, -0.1) is 18.3 Å². The molecule has 9 nitrogen and oxygen atoms in total. The Morgan fingerprint density at radius 1 is 1.09 bits per heavy atom. The van der Waals surface area contributed by atoms with E-state index in [0.717, 1.165) is 22.9 Å². The van der Waals surface area contributed by atoms with E-state index >= 15 is 0 Å². The first-order valence-corrected chi connectivity index (χ1v) is 14.7. The molecule has 2 fully saturated rings. The van der Waals surface area contributed by atoms with Gasteiger partial charge in [0.1, 0.15) is 12.1 Å². The van der Waals surface area contributed by atoms with Crippen LogP contribution < -0.4 is 15.0 Å². The summed E-state index contributed by atoms with van der Waals surface area (Å²) in [6, 6.07) is 16.2. The monoisotopic (exact) mass is 654 g/mol. The summed E-state index contributed by atoms with van der Waals surface area (Å²) in [5.41, 5.74) is 3.11. The van der Waals surface area contributed by atoms with E-state index < -0.39 is 24.2 Å². The number of aryl methyl sites for hydroxylation is 1. The normalized spacial score (nSPS) is 18.4. The van der Waals surface area contributed by atoms with Crippen molar-refractivity contribution in [2.24, 2.45) is 4.99 Å². The number of aromatic nitrogens is 3. The number of benzene rings is 3. The standard InChI is InChI=1S/C31H23F5N6O3S/c1-18-2-12-23(24-15-30(24,32)33)25(14-18)42-27(43)16-46-29(42)39-28(44)38-20-6-3-19(4-7-20)5-13-26-37-17-41(40-26)21-8-10-22(11-9-21)45-31(34,35)36/h2-14,17,24H,15-16H2,1H3,(H,38,44)/b13-5+,39-29?. The van der Waals surface area contributed by atoms with Crippen molar-refractivity contribution < 1.29 is 36.3 Å². The molecule has 3 amide bonds. The maximum absolute atomic E-state index is 13.9. The van der Waals surface area contributed by atoms with Gasteiger partial charge in [-0.25, -0.2) is 23.2 Å². The number of thioether (sulfide) groups is 1.